The van der Waals surface area contributed by atoms with E-state index in [0.29, 0.717) is 23.7 Å². The van der Waals surface area contributed by atoms with Gasteiger partial charge in [0.25, 0.3) is 5.91 Å². The highest BCUT2D eigenvalue weighted by atomic mass is 16.5. The van der Waals surface area contributed by atoms with Crippen LogP contribution >= 0.6 is 0 Å². The molecular weight excluding hydrogens is 308 g/mol. The molecule has 0 aliphatic carbocycles. The number of nitrogens with one attached hydrogen (secondary N) is 2. The number of carbonyl (C=O) groups excluding carboxylic acids is 2. The Bertz CT molecular complexity index is 773. The fourth-order valence-electron chi connectivity index (χ4n) is 2.53. The van der Waals surface area contributed by atoms with Gasteiger partial charge in [-0.15, -0.1) is 0 Å². The molecule has 2 N–H and O–H groups in total. The zero-order valence-corrected chi connectivity index (χ0v) is 13.3. The van der Waals surface area contributed by atoms with Crippen LogP contribution in [0.4, 0.5) is 5.69 Å². The molecular formula is C18H18N2O4. The van der Waals surface area contributed by atoms with Gasteiger partial charge in [-0.3, -0.25) is 9.59 Å². The Morgan fingerprint density at radius 3 is 2.96 bits per heavy atom. The van der Waals surface area contributed by atoms with Crippen LogP contribution in [0.2, 0.25) is 0 Å². The summed E-state index contributed by atoms with van der Waals surface area (Å²) in [6.45, 7) is 0.402. The number of rotatable bonds is 5. The van der Waals surface area contributed by atoms with Gasteiger partial charge in [-0.1, -0.05) is 24.3 Å². The molecule has 0 aromatic heterocycles. The third-order valence-electron chi connectivity index (χ3n) is 3.71. The Labute approximate surface area is 139 Å². The first-order chi connectivity index (χ1) is 11.7. The maximum absolute atomic E-state index is 12.1. The topological polar surface area (TPSA) is 76.7 Å². The lowest BCUT2D eigenvalue weighted by atomic mass is 10.1. The fourth-order valence-corrected chi connectivity index (χ4v) is 2.53. The molecule has 2 amide bonds. The summed E-state index contributed by atoms with van der Waals surface area (Å²) in [5, 5.41) is 5.62. The number of anilines is 1. The molecule has 0 atom stereocenters. The van der Waals surface area contributed by atoms with Gasteiger partial charge in [-0.25, -0.2) is 0 Å². The van der Waals surface area contributed by atoms with Crippen LogP contribution in [0, 0.1) is 0 Å². The van der Waals surface area contributed by atoms with Crippen molar-refractivity contribution in [3.8, 4) is 11.5 Å². The first-order valence-electron chi connectivity index (χ1n) is 7.60. The number of para-hydroxylation sites is 1. The lowest BCUT2D eigenvalue weighted by Gasteiger charge is -2.18. The van der Waals surface area contributed by atoms with Gasteiger partial charge in [-0.05, 0) is 23.8 Å². The smallest absolute Gasteiger partial charge is 0.262 e. The molecule has 0 saturated heterocycles. The minimum atomic E-state index is -0.181. The average Bonchev–Trinajstić information content (AvgIpc) is 2.60. The Morgan fingerprint density at radius 2 is 2.12 bits per heavy atom. The molecule has 0 bridgehead atoms. The summed E-state index contributed by atoms with van der Waals surface area (Å²) in [6, 6.07) is 12.9. The Kier molecular flexibility index (Phi) is 4.65. The van der Waals surface area contributed by atoms with Gasteiger partial charge in [0.05, 0.1) is 19.2 Å². The van der Waals surface area contributed by atoms with E-state index in [2.05, 4.69) is 10.6 Å². The van der Waals surface area contributed by atoms with E-state index < -0.39 is 0 Å². The van der Waals surface area contributed by atoms with Crippen LogP contribution in [0.5, 0.6) is 11.5 Å². The van der Waals surface area contributed by atoms with Gasteiger partial charge in [-0.2, -0.15) is 0 Å². The highest BCUT2D eigenvalue weighted by Crippen LogP contribution is 2.28. The highest BCUT2D eigenvalue weighted by molar-refractivity contribution is 5.95. The molecule has 0 fully saturated rings. The van der Waals surface area contributed by atoms with Crippen molar-refractivity contribution in [2.24, 2.45) is 0 Å². The minimum Gasteiger partial charge on any atom is -0.496 e. The van der Waals surface area contributed by atoms with E-state index >= 15 is 0 Å². The van der Waals surface area contributed by atoms with Crippen LogP contribution < -0.4 is 20.1 Å². The van der Waals surface area contributed by atoms with Crippen LogP contribution in [-0.2, 0) is 22.6 Å². The lowest BCUT2D eigenvalue weighted by Crippen LogP contribution is -2.26. The predicted octanol–water partition coefficient (Wildman–Crippen LogP) is 1.88. The van der Waals surface area contributed by atoms with Gasteiger partial charge in [0.2, 0.25) is 5.91 Å². The highest BCUT2D eigenvalue weighted by Gasteiger charge is 2.16. The first-order valence-corrected chi connectivity index (χ1v) is 7.60. The third-order valence-corrected chi connectivity index (χ3v) is 3.71. The fraction of sp³-hybridized carbons (Fsp3) is 0.222. The normalized spacial score (nSPS) is 12.6. The number of hydrogen-bond donors (Lipinski definition) is 2. The number of fused-ring (bicyclic) bond motifs is 1. The largest absolute Gasteiger partial charge is 0.496 e. The number of methoxy groups -OCH3 is 1. The van der Waals surface area contributed by atoms with E-state index in [1.165, 1.54) is 0 Å². The van der Waals surface area contributed by atoms with Crippen molar-refractivity contribution in [1.29, 1.82) is 0 Å². The molecule has 0 unspecified atom stereocenters. The second-order valence-corrected chi connectivity index (χ2v) is 5.43. The maximum Gasteiger partial charge on any atom is 0.262 e. The van der Waals surface area contributed by atoms with E-state index in [4.69, 9.17) is 9.47 Å². The van der Waals surface area contributed by atoms with Crippen molar-refractivity contribution in [3.05, 3.63) is 53.6 Å². The molecule has 0 saturated carbocycles. The number of benzene rings is 2. The van der Waals surface area contributed by atoms with E-state index in [9.17, 15) is 9.59 Å². The van der Waals surface area contributed by atoms with Crippen molar-refractivity contribution in [3.63, 3.8) is 0 Å². The van der Waals surface area contributed by atoms with Crippen molar-refractivity contribution < 1.29 is 19.1 Å². The summed E-state index contributed by atoms with van der Waals surface area (Å²) in [5.41, 5.74) is 2.35. The van der Waals surface area contributed by atoms with Gasteiger partial charge in [0, 0.05) is 12.1 Å². The molecule has 6 nitrogen and oxygen atoms in total. The predicted molar refractivity (Wildman–Crippen MR) is 89.1 cm³/mol. The van der Waals surface area contributed by atoms with Gasteiger partial charge in [0.1, 0.15) is 11.5 Å². The third kappa shape index (κ3) is 3.65. The summed E-state index contributed by atoms with van der Waals surface area (Å²) in [6.07, 6.45) is 0.245. The lowest BCUT2D eigenvalue weighted by molar-refractivity contribution is -0.120. The van der Waals surface area contributed by atoms with Crippen LogP contribution in [0.15, 0.2) is 42.5 Å². The number of carbonyl (C=O) groups is 2. The summed E-state index contributed by atoms with van der Waals surface area (Å²) in [7, 11) is 1.58. The quantitative estimate of drug-likeness (QED) is 0.880. The van der Waals surface area contributed by atoms with Crippen molar-refractivity contribution in [1.82, 2.24) is 5.32 Å². The van der Waals surface area contributed by atoms with E-state index in [0.717, 1.165) is 11.1 Å². The van der Waals surface area contributed by atoms with E-state index in [-0.39, 0.29) is 24.8 Å². The number of ether oxygens (including phenoxy) is 2. The standard InChI is InChI=1S/C18H18N2O4/c1-23-15-5-3-2-4-13(15)9-17(21)19-10-12-6-7-16-14(8-12)20-18(22)11-24-16/h2-8H,9-11H2,1H3,(H,19,21)(H,20,22). The second-order valence-electron chi connectivity index (χ2n) is 5.43. The Balaban J connectivity index is 1.60. The van der Waals surface area contributed by atoms with E-state index in [1.807, 2.05) is 30.3 Å². The Morgan fingerprint density at radius 1 is 1.29 bits per heavy atom. The summed E-state index contributed by atoms with van der Waals surface area (Å²) in [4.78, 5) is 23.5. The molecule has 3 rings (SSSR count). The van der Waals surface area contributed by atoms with Gasteiger partial charge in [0.15, 0.2) is 6.61 Å². The zero-order chi connectivity index (χ0) is 16.9. The van der Waals surface area contributed by atoms with Gasteiger partial charge < -0.3 is 20.1 Å². The molecule has 1 aliphatic rings. The SMILES string of the molecule is COc1ccccc1CC(=O)NCc1ccc2c(c1)NC(=O)CO2. The average molecular weight is 326 g/mol. The second kappa shape index (κ2) is 7.04. The zero-order valence-electron chi connectivity index (χ0n) is 13.3. The molecule has 24 heavy (non-hydrogen) atoms. The van der Waals surface area contributed by atoms with Crippen molar-refractivity contribution >= 4 is 17.5 Å². The maximum atomic E-state index is 12.1. The molecule has 2 aromatic rings. The number of hydrogen-bond acceptors (Lipinski definition) is 4. The van der Waals surface area contributed by atoms with E-state index in [1.54, 1.807) is 19.2 Å². The minimum absolute atomic E-state index is 0.0298. The molecule has 0 spiro atoms. The molecule has 124 valence electrons. The molecule has 2 aromatic carbocycles. The number of amides is 2. The molecule has 1 heterocycles. The van der Waals surface area contributed by atoms with Crippen molar-refractivity contribution in [2.45, 2.75) is 13.0 Å². The molecule has 1 aliphatic heterocycles. The summed E-state index contributed by atoms with van der Waals surface area (Å²) >= 11 is 0. The first kappa shape index (κ1) is 15.9. The monoisotopic (exact) mass is 326 g/mol. The molecule has 0 radical (unpaired) electrons. The Hall–Kier alpha value is -3.02. The van der Waals surface area contributed by atoms with Crippen LogP contribution in [0.25, 0.3) is 0 Å². The van der Waals surface area contributed by atoms with Crippen LogP contribution in [0.3, 0.4) is 0 Å². The van der Waals surface area contributed by atoms with Crippen molar-refractivity contribution in [2.75, 3.05) is 19.0 Å². The van der Waals surface area contributed by atoms with Crippen LogP contribution in [0.1, 0.15) is 11.1 Å². The molecule has 6 heteroatoms. The van der Waals surface area contributed by atoms with Gasteiger partial charge >= 0.3 is 0 Å². The van der Waals surface area contributed by atoms with Crippen LogP contribution in [-0.4, -0.2) is 25.5 Å². The summed E-state index contributed by atoms with van der Waals surface area (Å²) in [5.74, 6) is 1.05. The summed E-state index contributed by atoms with van der Waals surface area (Å²) < 4.78 is 10.6.